The van der Waals surface area contributed by atoms with E-state index in [0.29, 0.717) is 0 Å². The maximum atomic E-state index is 2.47. The number of nitrogens with zero attached hydrogens (tertiary/aromatic N) is 1. The number of rotatable bonds is 6. The van der Waals surface area contributed by atoms with Gasteiger partial charge in [0.1, 0.15) is 0 Å². The molecule has 264 valence electrons. The Balaban J connectivity index is 1.14. The van der Waals surface area contributed by atoms with Gasteiger partial charge < -0.3 is 4.90 Å². The van der Waals surface area contributed by atoms with Crippen LogP contribution in [0.2, 0.25) is 0 Å². The molecule has 1 nitrogen and oxygen atoms in total. The zero-order valence-electron chi connectivity index (χ0n) is 31.8. The fourth-order valence-electron chi connectivity index (χ4n) is 9.44. The highest BCUT2D eigenvalue weighted by Crippen LogP contribution is 2.55. The lowest BCUT2D eigenvalue weighted by Gasteiger charge is -2.30. The van der Waals surface area contributed by atoms with E-state index in [1.807, 2.05) is 0 Å². The second kappa shape index (κ2) is 12.6. The summed E-state index contributed by atoms with van der Waals surface area (Å²) in [5.74, 6) is 0. The highest BCUT2D eigenvalue weighted by atomic mass is 15.1. The van der Waals surface area contributed by atoms with Gasteiger partial charge in [0, 0.05) is 27.8 Å². The second-order valence-electron chi connectivity index (χ2n) is 16.1. The van der Waals surface area contributed by atoms with Gasteiger partial charge in [0.2, 0.25) is 0 Å². The summed E-state index contributed by atoms with van der Waals surface area (Å²) in [6.45, 7) is 9.43. The van der Waals surface area contributed by atoms with Crippen molar-refractivity contribution in [3.63, 3.8) is 0 Å². The normalized spacial score (nSPS) is 14.1. The third-order valence-electron chi connectivity index (χ3n) is 12.3. The van der Waals surface area contributed by atoms with E-state index >= 15 is 0 Å². The lowest BCUT2D eigenvalue weighted by atomic mass is 9.82. The largest absolute Gasteiger partial charge is 0.310 e. The number of fused-ring (bicyclic) bond motifs is 6. The molecule has 2 aliphatic carbocycles. The molecule has 55 heavy (non-hydrogen) atoms. The van der Waals surface area contributed by atoms with E-state index in [1.54, 1.807) is 0 Å². The molecule has 8 aromatic rings. The maximum Gasteiger partial charge on any atom is 0.0540 e. The van der Waals surface area contributed by atoms with Gasteiger partial charge >= 0.3 is 0 Å². The molecule has 0 saturated heterocycles. The summed E-state index contributed by atoms with van der Waals surface area (Å²) in [6, 6.07) is 69.5. The van der Waals surface area contributed by atoms with Crippen molar-refractivity contribution < 1.29 is 0 Å². The summed E-state index contributed by atoms with van der Waals surface area (Å²) >= 11 is 0. The molecule has 0 spiro atoms. The number of anilines is 3. The smallest absolute Gasteiger partial charge is 0.0540 e. The quantitative estimate of drug-likeness (QED) is 0.166. The number of hydrogen-bond acceptors (Lipinski definition) is 1. The molecule has 8 aromatic carbocycles. The first-order valence-electron chi connectivity index (χ1n) is 19.4. The number of hydrogen-bond donors (Lipinski definition) is 0. The van der Waals surface area contributed by atoms with Crippen LogP contribution in [0.3, 0.4) is 0 Å². The third kappa shape index (κ3) is 5.22. The van der Waals surface area contributed by atoms with E-state index in [-0.39, 0.29) is 10.8 Å². The molecule has 0 unspecified atom stereocenters. The molecule has 0 amide bonds. The third-order valence-corrected chi connectivity index (χ3v) is 12.3. The SMILES string of the molecule is CC1(C)c2ccccc2-c2cc(N(c3ccc(-c4ccc(-c5ccccc5)cc4)cc3)c3ccccc3-c3cccc4c3-c3ccccc3C4(C)C)ccc21. The van der Waals surface area contributed by atoms with Crippen LogP contribution in [0.5, 0.6) is 0 Å². The Morgan fingerprint density at radius 2 is 0.764 bits per heavy atom. The van der Waals surface area contributed by atoms with Gasteiger partial charge in [-0.2, -0.15) is 0 Å². The topological polar surface area (TPSA) is 3.24 Å². The summed E-state index contributed by atoms with van der Waals surface area (Å²) in [6.07, 6.45) is 0. The van der Waals surface area contributed by atoms with E-state index < -0.39 is 0 Å². The summed E-state index contributed by atoms with van der Waals surface area (Å²) in [4.78, 5) is 2.47. The second-order valence-corrected chi connectivity index (χ2v) is 16.1. The molecule has 0 atom stereocenters. The molecule has 0 radical (unpaired) electrons. The average molecular weight is 706 g/mol. The van der Waals surface area contributed by atoms with E-state index in [2.05, 4.69) is 221 Å². The Bertz CT molecular complexity index is 2730. The Morgan fingerprint density at radius 1 is 0.309 bits per heavy atom. The van der Waals surface area contributed by atoms with Crippen LogP contribution in [-0.2, 0) is 10.8 Å². The van der Waals surface area contributed by atoms with Gasteiger partial charge in [0.15, 0.2) is 0 Å². The molecule has 0 bridgehead atoms. The average Bonchev–Trinajstić information content (AvgIpc) is 3.61. The maximum absolute atomic E-state index is 2.47. The predicted octanol–water partition coefficient (Wildman–Crippen LogP) is 14.8. The van der Waals surface area contributed by atoms with Crippen LogP contribution in [0.1, 0.15) is 49.9 Å². The molecule has 0 aromatic heterocycles. The molecule has 0 aliphatic heterocycles. The van der Waals surface area contributed by atoms with E-state index in [1.165, 1.54) is 77.9 Å². The summed E-state index contributed by atoms with van der Waals surface area (Å²) in [5, 5.41) is 0. The molecule has 0 saturated carbocycles. The van der Waals surface area contributed by atoms with Crippen molar-refractivity contribution in [1.82, 2.24) is 0 Å². The lowest BCUT2D eigenvalue weighted by molar-refractivity contribution is 0.660. The standard InChI is InChI=1S/C54H43N/c1-53(2)47-21-11-8-17-42(47)46-35-41(33-34-49(46)53)55(40-31-29-39(30-32-40)38-27-25-37(26-28-38)36-15-6-5-7-16-36)51-24-13-10-18-43(51)44-20-14-23-50-52(44)45-19-9-12-22-48(45)54(50,3)4/h5-35H,1-4H3. The van der Waals surface area contributed by atoms with Crippen LogP contribution < -0.4 is 4.90 Å². The van der Waals surface area contributed by atoms with Crippen LogP contribution in [0, 0.1) is 0 Å². The highest BCUT2D eigenvalue weighted by Gasteiger charge is 2.38. The van der Waals surface area contributed by atoms with E-state index in [0.717, 1.165) is 17.1 Å². The summed E-state index contributed by atoms with van der Waals surface area (Å²) in [7, 11) is 0. The minimum absolute atomic E-state index is 0.0598. The van der Waals surface area contributed by atoms with Gasteiger partial charge in [-0.3, -0.25) is 0 Å². The number of benzene rings is 8. The van der Waals surface area contributed by atoms with Crippen LogP contribution in [0.4, 0.5) is 17.1 Å². The first kappa shape index (κ1) is 33.2. The van der Waals surface area contributed by atoms with Crippen LogP contribution in [0.25, 0.3) is 55.6 Å². The molecular formula is C54H43N. The van der Waals surface area contributed by atoms with Gasteiger partial charge in [0.25, 0.3) is 0 Å². The fraction of sp³-hybridized carbons (Fsp3) is 0.111. The zero-order chi connectivity index (χ0) is 37.3. The summed E-state index contributed by atoms with van der Waals surface area (Å²) < 4.78 is 0. The minimum atomic E-state index is -0.0775. The minimum Gasteiger partial charge on any atom is -0.310 e. The summed E-state index contributed by atoms with van der Waals surface area (Å²) in [5.41, 5.74) is 21.5. The Labute approximate surface area is 325 Å². The fourth-order valence-corrected chi connectivity index (χ4v) is 9.44. The highest BCUT2D eigenvalue weighted by molar-refractivity contribution is 5.98. The Morgan fingerprint density at radius 3 is 1.45 bits per heavy atom. The molecule has 0 N–H and O–H groups in total. The zero-order valence-corrected chi connectivity index (χ0v) is 31.8. The van der Waals surface area contributed by atoms with Crippen molar-refractivity contribution in [2.75, 3.05) is 4.90 Å². The predicted molar refractivity (Wildman–Crippen MR) is 233 cm³/mol. The van der Waals surface area contributed by atoms with Crippen molar-refractivity contribution in [3.8, 4) is 55.6 Å². The van der Waals surface area contributed by atoms with Gasteiger partial charge in [0.05, 0.1) is 5.69 Å². The molecule has 10 rings (SSSR count). The molecule has 0 fully saturated rings. The van der Waals surface area contributed by atoms with Crippen molar-refractivity contribution in [2.24, 2.45) is 0 Å². The van der Waals surface area contributed by atoms with Crippen molar-refractivity contribution >= 4 is 17.1 Å². The lowest BCUT2D eigenvalue weighted by Crippen LogP contribution is -2.15. The number of para-hydroxylation sites is 1. The van der Waals surface area contributed by atoms with Crippen LogP contribution in [0.15, 0.2) is 188 Å². The van der Waals surface area contributed by atoms with Crippen molar-refractivity contribution in [1.29, 1.82) is 0 Å². The Hall–Kier alpha value is -6.44. The van der Waals surface area contributed by atoms with Gasteiger partial charge in [-0.05, 0) is 103 Å². The molecule has 1 heteroatoms. The Kier molecular flexibility index (Phi) is 7.58. The first-order chi connectivity index (χ1) is 26.8. The monoisotopic (exact) mass is 705 g/mol. The van der Waals surface area contributed by atoms with Crippen LogP contribution in [-0.4, -0.2) is 0 Å². The van der Waals surface area contributed by atoms with Gasteiger partial charge in [-0.25, -0.2) is 0 Å². The molecular weight excluding hydrogens is 663 g/mol. The first-order valence-corrected chi connectivity index (χ1v) is 19.4. The molecule has 2 aliphatic rings. The van der Waals surface area contributed by atoms with Crippen molar-refractivity contribution in [2.45, 2.75) is 38.5 Å². The van der Waals surface area contributed by atoms with Crippen molar-refractivity contribution in [3.05, 3.63) is 210 Å². The van der Waals surface area contributed by atoms with E-state index in [9.17, 15) is 0 Å². The van der Waals surface area contributed by atoms with Crippen LogP contribution >= 0.6 is 0 Å². The van der Waals surface area contributed by atoms with Gasteiger partial charge in [-0.1, -0.05) is 185 Å². The molecule has 0 heterocycles. The van der Waals surface area contributed by atoms with E-state index in [4.69, 9.17) is 0 Å². The van der Waals surface area contributed by atoms with Gasteiger partial charge in [-0.15, -0.1) is 0 Å².